The molecule has 4 nitrogen and oxygen atoms in total. The second kappa shape index (κ2) is 4.62. The Morgan fingerprint density at radius 2 is 1.81 bits per heavy atom. The molecular weight excluding hydrogens is 287 g/mol. The summed E-state index contributed by atoms with van der Waals surface area (Å²) in [6.45, 7) is 0. The molecule has 0 aliphatic carbocycles. The molecule has 7 heteroatoms. The van der Waals surface area contributed by atoms with Crippen LogP contribution < -0.4 is 0 Å². The van der Waals surface area contributed by atoms with Gasteiger partial charge in [0.1, 0.15) is 34.1 Å². The zero-order valence-corrected chi connectivity index (χ0v) is 10.2. The molecule has 0 amide bonds. The molecule has 0 atom stereocenters. The molecule has 0 fully saturated rings. The normalized spacial score (nSPS) is 11.0. The number of hydrogen-bond acceptors (Lipinski definition) is 3. The molecule has 2 aromatic carbocycles. The molecular formula is C14H6F3NO3. The van der Waals surface area contributed by atoms with E-state index in [1.165, 1.54) is 18.2 Å². The van der Waals surface area contributed by atoms with E-state index >= 15 is 0 Å². The van der Waals surface area contributed by atoms with Gasteiger partial charge in [0.25, 0.3) is 0 Å². The van der Waals surface area contributed by atoms with Crippen LogP contribution in [0.15, 0.2) is 34.7 Å². The highest BCUT2D eigenvalue weighted by molar-refractivity contribution is 6.00. The predicted molar refractivity (Wildman–Crippen MR) is 66.3 cm³/mol. The number of rotatable bonds is 2. The molecule has 3 aromatic rings. The van der Waals surface area contributed by atoms with Crippen molar-refractivity contribution >= 4 is 17.1 Å². The predicted octanol–water partition coefficient (Wildman–Crippen LogP) is 3.61. The molecule has 1 heterocycles. The average Bonchev–Trinajstić information content (AvgIpc) is 2.79. The van der Waals surface area contributed by atoms with Gasteiger partial charge in [-0.1, -0.05) is 6.07 Å². The summed E-state index contributed by atoms with van der Waals surface area (Å²) in [7, 11) is 0. The van der Waals surface area contributed by atoms with Crippen LogP contribution >= 0.6 is 0 Å². The lowest BCUT2D eigenvalue weighted by Crippen LogP contribution is -1.95. The third-order valence-corrected chi connectivity index (χ3v) is 2.87. The molecule has 0 saturated carbocycles. The number of halogens is 3. The highest BCUT2D eigenvalue weighted by atomic mass is 19.1. The topological polar surface area (TPSA) is 63.3 Å². The van der Waals surface area contributed by atoms with Crippen molar-refractivity contribution in [2.75, 3.05) is 0 Å². The number of nitrogens with zero attached hydrogens (tertiary/aromatic N) is 1. The SMILES string of the molecule is O=C(O)c1cccc2nc(-c3c(F)cc(F)cc3F)oc12. The van der Waals surface area contributed by atoms with Crippen LogP contribution in [0.5, 0.6) is 0 Å². The Morgan fingerprint density at radius 1 is 1.14 bits per heavy atom. The Hall–Kier alpha value is -2.83. The maximum absolute atomic E-state index is 13.7. The smallest absolute Gasteiger partial charge is 0.339 e. The number of aromatic carboxylic acids is 1. The fraction of sp³-hybridized carbons (Fsp3) is 0. The van der Waals surface area contributed by atoms with Crippen molar-refractivity contribution in [3.63, 3.8) is 0 Å². The first-order valence-electron chi connectivity index (χ1n) is 5.75. The van der Waals surface area contributed by atoms with Crippen LogP contribution in [0.4, 0.5) is 13.2 Å². The summed E-state index contributed by atoms with van der Waals surface area (Å²) >= 11 is 0. The minimum atomic E-state index is -1.26. The van der Waals surface area contributed by atoms with Crippen molar-refractivity contribution in [2.45, 2.75) is 0 Å². The molecule has 106 valence electrons. The Kier molecular flexibility index (Phi) is 2.90. The summed E-state index contributed by atoms with van der Waals surface area (Å²) in [5.41, 5.74) is -0.811. The van der Waals surface area contributed by atoms with E-state index in [-0.39, 0.29) is 16.7 Å². The number of hydrogen-bond donors (Lipinski definition) is 1. The van der Waals surface area contributed by atoms with Crippen molar-refractivity contribution in [3.05, 3.63) is 53.3 Å². The number of aromatic nitrogens is 1. The van der Waals surface area contributed by atoms with Crippen molar-refractivity contribution < 1.29 is 27.5 Å². The average molecular weight is 293 g/mol. The quantitative estimate of drug-likeness (QED) is 0.784. The van der Waals surface area contributed by atoms with Gasteiger partial charge in [0.15, 0.2) is 5.58 Å². The first-order valence-corrected chi connectivity index (χ1v) is 5.75. The number of carboxylic acid groups (broad SMARTS) is 1. The molecule has 0 spiro atoms. The Balaban J connectivity index is 2.28. The summed E-state index contributed by atoms with van der Waals surface area (Å²) in [5, 5.41) is 9.02. The summed E-state index contributed by atoms with van der Waals surface area (Å²) in [6.07, 6.45) is 0. The lowest BCUT2D eigenvalue weighted by molar-refractivity contribution is 0.0698. The van der Waals surface area contributed by atoms with Crippen LogP contribution in [0.3, 0.4) is 0 Å². The van der Waals surface area contributed by atoms with Crippen LogP contribution in [0.2, 0.25) is 0 Å². The van der Waals surface area contributed by atoms with Crippen LogP contribution in [-0.2, 0) is 0 Å². The van der Waals surface area contributed by atoms with Gasteiger partial charge in [0, 0.05) is 12.1 Å². The number of benzene rings is 2. The lowest BCUT2D eigenvalue weighted by Gasteiger charge is -2.00. The highest BCUT2D eigenvalue weighted by Gasteiger charge is 2.21. The van der Waals surface area contributed by atoms with Gasteiger partial charge in [-0.2, -0.15) is 0 Å². The third kappa shape index (κ3) is 2.12. The largest absolute Gasteiger partial charge is 0.478 e. The van der Waals surface area contributed by atoms with E-state index < -0.39 is 34.9 Å². The number of carboxylic acids is 1. The van der Waals surface area contributed by atoms with Gasteiger partial charge >= 0.3 is 5.97 Å². The van der Waals surface area contributed by atoms with Crippen molar-refractivity contribution in [1.82, 2.24) is 4.98 Å². The van der Waals surface area contributed by atoms with E-state index in [0.29, 0.717) is 12.1 Å². The van der Waals surface area contributed by atoms with E-state index in [1.54, 1.807) is 0 Å². The summed E-state index contributed by atoms with van der Waals surface area (Å²) in [4.78, 5) is 14.9. The van der Waals surface area contributed by atoms with E-state index in [1.807, 2.05) is 0 Å². The Morgan fingerprint density at radius 3 is 2.43 bits per heavy atom. The minimum Gasteiger partial charge on any atom is -0.478 e. The van der Waals surface area contributed by atoms with Crippen LogP contribution in [0.25, 0.3) is 22.6 Å². The molecule has 21 heavy (non-hydrogen) atoms. The maximum Gasteiger partial charge on any atom is 0.339 e. The minimum absolute atomic E-state index is 0.108. The van der Waals surface area contributed by atoms with Gasteiger partial charge in [-0.05, 0) is 12.1 Å². The molecule has 0 aliphatic rings. The Labute approximate surface area is 115 Å². The van der Waals surface area contributed by atoms with Crippen molar-refractivity contribution in [3.8, 4) is 11.5 Å². The second-order valence-electron chi connectivity index (χ2n) is 4.22. The lowest BCUT2D eigenvalue weighted by atomic mass is 10.2. The van der Waals surface area contributed by atoms with Gasteiger partial charge in [-0.25, -0.2) is 22.9 Å². The van der Waals surface area contributed by atoms with Gasteiger partial charge < -0.3 is 9.52 Å². The standard InChI is InChI=1S/C14H6F3NO3/c15-6-4-8(16)11(9(17)5-6)13-18-10-3-1-2-7(14(19)20)12(10)21-13/h1-5H,(H,19,20). The summed E-state index contributed by atoms with van der Waals surface area (Å²) in [6, 6.07) is 5.12. The highest BCUT2D eigenvalue weighted by Crippen LogP contribution is 2.30. The maximum atomic E-state index is 13.7. The number of para-hydroxylation sites is 1. The van der Waals surface area contributed by atoms with E-state index in [0.717, 1.165) is 0 Å². The first kappa shape index (κ1) is 13.2. The molecule has 1 aromatic heterocycles. The molecule has 0 unspecified atom stereocenters. The third-order valence-electron chi connectivity index (χ3n) is 2.87. The molecule has 0 radical (unpaired) electrons. The number of oxazole rings is 1. The number of carbonyl (C=O) groups is 1. The van der Waals surface area contributed by atoms with E-state index in [9.17, 15) is 18.0 Å². The van der Waals surface area contributed by atoms with Crippen LogP contribution in [-0.4, -0.2) is 16.1 Å². The molecule has 3 rings (SSSR count). The first-order chi connectivity index (χ1) is 9.97. The van der Waals surface area contributed by atoms with E-state index in [4.69, 9.17) is 9.52 Å². The molecule has 0 saturated heterocycles. The van der Waals surface area contributed by atoms with Crippen LogP contribution in [0.1, 0.15) is 10.4 Å². The second-order valence-corrected chi connectivity index (χ2v) is 4.22. The summed E-state index contributed by atoms with van der Waals surface area (Å²) < 4.78 is 45.4. The molecule has 0 bridgehead atoms. The Bertz CT molecular complexity index is 850. The zero-order valence-electron chi connectivity index (χ0n) is 10.2. The number of fused-ring (bicyclic) bond motifs is 1. The molecule has 1 N–H and O–H groups in total. The monoisotopic (exact) mass is 293 g/mol. The van der Waals surface area contributed by atoms with Crippen molar-refractivity contribution in [2.24, 2.45) is 0 Å². The van der Waals surface area contributed by atoms with Crippen LogP contribution in [0, 0.1) is 17.5 Å². The fourth-order valence-electron chi connectivity index (χ4n) is 1.97. The van der Waals surface area contributed by atoms with E-state index in [2.05, 4.69) is 4.98 Å². The fourth-order valence-corrected chi connectivity index (χ4v) is 1.97. The van der Waals surface area contributed by atoms with Gasteiger partial charge in [0.05, 0.1) is 0 Å². The van der Waals surface area contributed by atoms with Gasteiger partial charge in [-0.15, -0.1) is 0 Å². The summed E-state index contributed by atoms with van der Waals surface area (Å²) in [5.74, 6) is -5.15. The molecule has 0 aliphatic heterocycles. The van der Waals surface area contributed by atoms with Gasteiger partial charge in [-0.3, -0.25) is 0 Å². The van der Waals surface area contributed by atoms with Gasteiger partial charge in [0.2, 0.25) is 5.89 Å². The van der Waals surface area contributed by atoms with Crippen molar-refractivity contribution in [1.29, 1.82) is 0 Å². The zero-order chi connectivity index (χ0) is 15.1.